The average Bonchev–Trinajstić information content (AvgIpc) is 2.21. The fourth-order valence-corrected chi connectivity index (χ4v) is 2.72. The molecule has 1 saturated carbocycles. The Morgan fingerprint density at radius 3 is 2.47 bits per heavy atom. The maximum atomic E-state index is 11.0. The molecule has 0 spiro atoms. The lowest BCUT2D eigenvalue weighted by Gasteiger charge is -2.36. The summed E-state index contributed by atoms with van der Waals surface area (Å²) in [6.07, 6.45) is 3.52. The van der Waals surface area contributed by atoms with Gasteiger partial charge < -0.3 is 5.32 Å². The van der Waals surface area contributed by atoms with E-state index in [0.717, 1.165) is 12.8 Å². The van der Waals surface area contributed by atoms with E-state index < -0.39 is 9.84 Å². The van der Waals surface area contributed by atoms with Crippen LogP contribution in [0.3, 0.4) is 0 Å². The zero-order valence-corrected chi connectivity index (χ0v) is 10.9. The van der Waals surface area contributed by atoms with Gasteiger partial charge in [-0.2, -0.15) is 0 Å². The predicted octanol–water partition coefficient (Wildman–Crippen LogP) is 1.57. The molecule has 1 fully saturated rings. The molecule has 2 rings (SSSR count). The average molecular weight is 253 g/mol. The van der Waals surface area contributed by atoms with Crippen LogP contribution in [0, 0.1) is 0 Å². The van der Waals surface area contributed by atoms with Gasteiger partial charge in [0, 0.05) is 18.8 Å². The summed E-state index contributed by atoms with van der Waals surface area (Å²) in [6, 6.07) is 11.0. The van der Waals surface area contributed by atoms with Crippen LogP contribution in [0.25, 0.3) is 0 Å². The van der Waals surface area contributed by atoms with Gasteiger partial charge in [0.1, 0.15) is 9.84 Å². The van der Waals surface area contributed by atoms with Crippen LogP contribution in [0.4, 0.5) is 0 Å². The minimum absolute atomic E-state index is 0.236. The van der Waals surface area contributed by atoms with Crippen molar-refractivity contribution in [3.8, 4) is 0 Å². The van der Waals surface area contributed by atoms with Gasteiger partial charge in [0.25, 0.3) is 0 Å². The third-order valence-electron chi connectivity index (χ3n) is 3.31. The molecule has 0 aromatic heterocycles. The van der Waals surface area contributed by atoms with E-state index in [0.29, 0.717) is 18.5 Å². The van der Waals surface area contributed by atoms with E-state index in [1.54, 1.807) is 0 Å². The Bertz CT molecular complexity index is 450. The molecule has 0 radical (unpaired) electrons. The van der Waals surface area contributed by atoms with E-state index >= 15 is 0 Å². The molecule has 0 heterocycles. The van der Waals surface area contributed by atoms with Crippen LogP contribution in [0.2, 0.25) is 0 Å². The molecular weight excluding hydrogens is 234 g/mol. The molecule has 0 aliphatic heterocycles. The van der Waals surface area contributed by atoms with Crippen LogP contribution >= 0.6 is 0 Å². The third kappa shape index (κ3) is 3.82. The quantitative estimate of drug-likeness (QED) is 0.866. The molecular formula is C13H19NO2S. The first-order valence-corrected chi connectivity index (χ1v) is 8.07. The summed E-state index contributed by atoms with van der Waals surface area (Å²) < 4.78 is 21.9. The zero-order valence-electron chi connectivity index (χ0n) is 10.1. The summed E-state index contributed by atoms with van der Waals surface area (Å²) in [6.45, 7) is 0.574. The normalized spacial score (nSPS) is 24.3. The molecule has 0 unspecified atom stereocenters. The Kier molecular flexibility index (Phi) is 3.84. The number of rotatable bonds is 5. The number of benzene rings is 1. The van der Waals surface area contributed by atoms with Crippen molar-refractivity contribution in [2.45, 2.75) is 24.8 Å². The summed E-state index contributed by atoms with van der Waals surface area (Å²) in [5.41, 5.74) is 1.40. The van der Waals surface area contributed by atoms with Gasteiger partial charge in [-0.25, -0.2) is 8.42 Å². The molecule has 0 bridgehead atoms. The fourth-order valence-electron chi connectivity index (χ4n) is 2.23. The molecule has 0 atom stereocenters. The molecule has 3 nitrogen and oxygen atoms in total. The van der Waals surface area contributed by atoms with Crippen molar-refractivity contribution in [1.82, 2.24) is 5.32 Å². The van der Waals surface area contributed by atoms with Crippen LogP contribution in [0.5, 0.6) is 0 Å². The lowest BCUT2D eigenvalue weighted by Crippen LogP contribution is -2.41. The molecule has 1 N–H and O–H groups in total. The molecule has 1 aromatic carbocycles. The van der Waals surface area contributed by atoms with Crippen molar-refractivity contribution in [2.75, 3.05) is 18.6 Å². The van der Waals surface area contributed by atoms with Crippen LogP contribution in [-0.2, 0) is 9.84 Å². The largest absolute Gasteiger partial charge is 0.313 e. The van der Waals surface area contributed by atoms with Gasteiger partial charge in [-0.1, -0.05) is 30.3 Å². The van der Waals surface area contributed by atoms with E-state index in [9.17, 15) is 8.42 Å². The predicted molar refractivity (Wildman–Crippen MR) is 69.9 cm³/mol. The molecule has 4 heteroatoms. The van der Waals surface area contributed by atoms with Gasteiger partial charge in [-0.15, -0.1) is 0 Å². The lowest BCUT2D eigenvalue weighted by molar-refractivity contribution is 0.296. The lowest BCUT2D eigenvalue weighted by atomic mass is 9.76. The molecule has 0 saturated heterocycles. The Labute approximate surface area is 103 Å². The highest BCUT2D eigenvalue weighted by atomic mass is 32.2. The zero-order chi connectivity index (χ0) is 12.3. The second-order valence-corrected chi connectivity index (χ2v) is 7.12. The number of sulfone groups is 1. The van der Waals surface area contributed by atoms with Gasteiger partial charge in [-0.05, 0) is 24.3 Å². The molecule has 1 aliphatic carbocycles. The van der Waals surface area contributed by atoms with Gasteiger partial charge in [0.15, 0.2) is 0 Å². The highest BCUT2D eigenvalue weighted by molar-refractivity contribution is 7.90. The molecule has 1 aromatic rings. The van der Waals surface area contributed by atoms with E-state index in [2.05, 4.69) is 29.6 Å². The maximum absolute atomic E-state index is 11.0. The van der Waals surface area contributed by atoms with Crippen molar-refractivity contribution >= 4 is 9.84 Å². The van der Waals surface area contributed by atoms with Gasteiger partial charge >= 0.3 is 0 Å². The van der Waals surface area contributed by atoms with Crippen LogP contribution in [0.1, 0.15) is 24.3 Å². The monoisotopic (exact) mass is 253 g/mol. The van der Waals surface area contributed by atoms with Crippen LogP contribution in [-0.4, -0.2) is 33.0 Å². The van der Waals surface area contributed by atoms with Gasteiger partial charge in [0.05, 0.1) is 5.75 Å². The topological polar surface area (TPSA) is 46.2 Å². The van der Waals surface area contributed by atoms with Crippen molar-refractivity contribution in [2.24, 2.45) is 0 Å². The van der Waals surface area contributed by atoms with Crippen molar-refractivity contribution in [3.63, 3.8) is 0 Å². The molecule has 1 aliphatic rings. The summed E-state index contributed by atoms with van der Waals surface area (Å²) >= 11 is 0. The first kappa shape index (κ1) is 12.6. The Morgan fingerprint density at radius 1 is 1.24 bits per heavy atom. The van der Waals surface area contributed by atoms with E-state index in [4.69, 9.17) is 0 Å². The summed E-state index contributed by atoms with van der Waals surface area (Å²) in [7, 11) is -2.83. The number of nitrogens with one attached hydrogen (secondary N) is 1. The first-order valence-electron chi connectivity index (χ1n) is 6.00. The van der Waals surface area contributed by atoms with E-state index in [1.807, 2.05) is 6.07 Å². The fraction of sp³-hybridized carbons (Fsp3) is 0.538. The Hall–Kier alpha value is -0.870. The van der Waals surface area contributed by atoms with E-state index in [-0.39, 0.29) is 5.75 Å². The Balaban J connectivity index is 1.70. The summed E-state index contributed by atoms with van der Waals surface area (Å²) in [5, 5.41) is 3.30. The maximum Gasteiger partial charge on any atom is 0.148 e. The molecule has 94 valence electrons. The SMILES string of the molecule is CS(=O)(=O)CCNC1CC(c2ccccc2)C1. The number of hydrogen-bond acceptors (Lipinski definition) is 3. The molecule has 17 heavy (non-hydrogen) atoms. The minimum atomic E-state index is -2.83. The summed E-state index contributed by atoms with van der Waals surface area (Å²) in [4.78, 5) is 0. The smallest absolute Gasteiger partial charge is 0.148 e. The van der Waals surface area contributed by atoms with Gasteiger partial charge in [0.2, 0.25) is 0 Å². The minimum Gasteiger partial charge on any atom is -0.313 e. The highest BCUT2D eigenvalue weighted by Crippen LogP contribution is 2.36. The van der Waals surface area contributed by atoms with Crippen molar-refractivity contribution in [3.05, 3.63) is 35.9 Å². The third-order valence-corrected chi connectivity index (χ3v) is 4.26. The van der Waals surface area contributed by atoms with Crippen molar-refractivity contribution < 1.29 is 8.42 Å². The van der Waals surface area contributed by atoms with E-state index in [1.165, 1.54) is 11.8 Å². The van der Waals surface area contributed by atoms with Gasteiger partial charge in [-0.3, -0.25) is 0 Å². The standard InChI is InChI=1S/C13H19NO2S/c1-17(15,16)8-7-14-13-9-12(10-13)11-5-3-2-4-6-11/h2-6,12-14H,7-10H2,1H3. The van der Waals surface area contributed by atoms with Crippen LogP contribution in [0.15, 0.2) is 30.3 Å². The molecule has 0 amide bonds. The highest BCUT2D eigenvalue weighted by Gasteiger charge is 2.29. The van der Waals surface area contributed by atoms with Crippen LogP contribution < -0.4 is 5.32 Å². The Morgan fingerprint density at radius 2 is 1.88 bits per heavy atom. The second kappa shape index (κ2) is 5.19. The summed E-state index contributed by atoms with van der Waals surface area (Å²) in [5.74, 6) is 0.881. The number of hydrogen-bond donors (Lipinski definition) is 1. The first-order chi connectivity index (χ1) is 8.04. The van der Waals surface area contributed by atoms with Crippen molar-refractivity contribution in [1.29, 1.82) is 0 Å². The second-order valence-electron chi connectivity index (χ2n) is 4.86.